The molecule has 4 nitrogen and oxygen atoms in total. The molecule has 0 aromatic carbocycles. The van der Waals surface area contributed by atoms with Gasteiger partial charge in [-0.1, -0.05) is 0 Å². The SMILES string of the molecule is Cc1cc(C(=O)NN2CC[NH+](C)CC2)cs1. The highest BCUT2D eigenvalue weighted by molar-refractivity contribution is 7.10. The average Bonchev–Trinajstić information content (AvgIpc) is 2.68. The highest BCUT2D eigenvalue weighted by Crippen LogP contribution is 2.12. The molecule has 2 rings (SSSR count). The first-order valence-electron chi connectivity index (χ1n) is 5.57. The zero-order valence-electron chi connectivity index (χ0n) is 9.75. The van der Waals surface area contributed by atoms with Crippen molar-refractivity contribution in [3.63, 3.8) is 0 Å². The summed E-state index contributed by atoms with van der Waals surface area (Å²) in [6.07, 6.45) is 0. The maximum Gasteiger partial charge on any atom is 0.266 e. The standard InChI is InChI=1S/C11H17N3OS/c1-9-7-10(8-16-9)11(15)12-14-5-3-13(2)4-6-14/h7-8H,3-6H2,1-2H3,(H,12,15)/p+1. The van der Waals surface area contributed by atoms with Gasteiger partial charge in [0.25, 0.3) is 5.91 Å². The number of piperazine rings is 1. The molecule has 1 saturated heterocycles. The molecule has 0 aliphatic carbocycles. The Morgan fingerprint density at radius 1 is 1.50 bits per heavy atom. The molecular formula is C11H18N3OS+. The van der Waals surface area contributed by atoms with Crippen molar-refractivity contribution in [1.29, 1.82) is 0 Å². The van der Waals surface area contributed by atoms with Gasteiger partial charge in [-0.05, 0) is 13.0 Å². The van der Waals surface area contributed by atoms with E-state index in [1.54, 1.807) is 11.3 Å². The van der Waals surface area contributed by atoms with Crippen LogP contribution in [0.15, 0.2) is 11.4 Å². The van der Waals surface area contributed by atoms with Gasteiger partial charge < -0.3 is 4.90 Å². The summed E-state index contributed by atoms with van der Waals surface area (Å²) < 4.78 is 0. The molecular weight excluding hydrogens is 222 g/mol. The summed E-state index contributed by atoms with van der Waals surface area (Å²) in [5.41, 5.74) is 3.73. The molecule has 1 aromatic rings. The third-order valence-corrected chi connectivity index (χ3v) is 3.73. The summed E-state index contributed by atoms with van der Waals surface area (Å²) in [6, 6.07) is 1.93. The number of carbonyl (C=O) groups is 1. The van der Waals surface area contributed by atoms with E-state index in [1.165, 1.54) is 9.78 Å². The van der Waals surface area contributed by atoms with Crippen LogP contribution in [0.2, 0.25) is 0 Å². The number of hydrogen-bond acceptors (Lipinski definition) is 3. The number of nitrogens with one attached hydrogen (secondary N) is 2. The second-order valence-electron chi connectivity index (χ2n) is 4.33. The third-order valence-electron chi connectivity index (χ3n) is 2.87. The van der Waals surface area contributed by atoms with Crippen LogP contribution in [0.3, 0.4) is 0 Å². The first-order valence-corrected chi connectivity index (χ1v) is 6.45. The van der Waals surface area contributed by atoms with E-state index in [0.717, 1.165) is 31.7 Å². The van der Waals surface area contributed by atoms with Gasteiger partial charge >= 0.3 is 0 Å². The molecule has 2 heterocycles. The molecule has 0 atom stereocenters. The Morgan fingerprint density at radius 3 is 2.75 bits per heavy atom. The molecule has 1 aromatic heterocycles. The molecule has 0 bridgehead atoms. The van der Waals surface area contributed by atoms with Crippen LogP contribution in [0.5, 0.6) is 0 Å². The van der Waals surface area contributed by atoms with E-state index in [9.17, 15) is 4.79 Å². The molecule has 2 N–H and O–H groups in total. The number of hydrogen-bond donors (Lipinski definition) is 2. The zero-order valence-corrected chi connectivity index (χ0v) is 10.6. The van der Waals surface area contributed by atoms with Crippen LogP contribution in [-0.4, -0.2) is 44.1 Å². The Hall–Kier alpha value is -0.910. The van der Waals surface area contributed by atoms with E-state index in [4.69, 9.17) is 0 Å². The largest absolute Gasteiger partial charge is 0.335 e. The van der Waals surface area contributed by atoms with Crippen molar-refractivity contribution in [3.05, 3.63) is 21.9 Å². The highest BCUT2D eigenvalue weighted by Gasteiger charge is 2.18. The lowest BCUT2D eigenvalue weighted by Gasteiger charge is -2.29. The van der Waals surface area contributed by atoms with E-state index in [0.29, 0.717) is 0 Å². The van der Waals surface area contributed by atoms with Crippen LogP contribution in [0.1, 0.15) is 15.2 Å². The number of amides is 1. The predicted molar refractivity (Wildman–Crippen MR) is 64.7 cm³/mol. The maximum absolute atomic E-state index is 11.9. The lowest BCUT2D eigenvalue weighted by atomic mass is 10.3. The van der Waals surface area contributed by atoms with Crippen molar-refractivity contribution < 1.29 is 9.69 Å². The fourth-order valence-electron chi connectivity index (χ4n) is 1.77. The minimum Gasteiger partial charge on any atom is -0.335 e. The molecule has 1 amide bonds. The lowest BCUT2D eigenvalue weighted by Crippen LogP contribution is -3.12. The van der Waals surface area contributed by atoms with E-state index in [1.807, 2.05) is 23.4 Å². The summed E-state index contributed by atoms with van der Waals surface area (Å²) in [5.74, 6) is 0.0175. The Balaban J connectivity index is 1.88. The first kappa shape index (κ1) is 11.6. The molecule has 1 aliphatic rings. The van der Waals surface area contributed by atoms with Crippen LogP contribution in [0, 0.1) is 6.92 Å². The topological polar surface area (TPSA) is 36.8 Å². The van der Waals surface area contributed by atoms with Crippen molar-refractivity contribution in [2.45, 2.75) is 6.92 Å². The Morgan fingerprint density at radius 2 is 2.19 bits per heavy atom. The van der Waals surface area contributed by atoms with E-state index in [2.05, 4.69) is 12.5 Å². The molecule has 5 heteroatoms. The van der Waals surface area contributed by atoms with Crippen LogP contribution in [0.4, 0.5) is 0 Å². The van der Waals surface area contributed by atoms with Crippen molar-refractivity contribution in [2.75, 3.05) is 33.2 Å². The normalized spacial score (nSPS) is 18.6. The molecule has 0 radical (unpaired) electrons. The van der Waals surface area contributed by atoms with Gasteiger partial charge in [-0.15, -0.1) is 11.3 Å². The van der Waals surface area contributed by atoms with Gasteiger partial charge in [0, 0.05) is 10.3 Å². The fraction of sp³-hybridized carbons (Fsp3) is 0.545. The van der Waals surface area contributed by atoms with Gasteiger partial charge in [0.15, 0.2) is 0 Å². The van der Waals surface area contributed by atoms with Crippen LogP contribution in [0.25, 0.3) is 0 Å². The monoisotopic (exact) mass is 240 g/mol. The molecule has 1 fully saturated rings. The summed E-state index contributed by atoms with van der Waals surface area (Å²) in [4.78, 5) is 14.6. The number of aryl methyl sites for hydroxylation is 1. The summed E-state index contributed by atoms with van der Waals surface area (Å²) in [6.45, 7) is 6.05. The minimum absolute atomic E-state index is 0.0175. The van der Waals surface area contributed by atoms with Crippen LogP contribution in [-0.2, 0) is 0 Å². The Bertz CT molecular complexity index is 369. The van der Waals surface area contributed by atoms with E-state index >= 15 is 0 Å². The van der Waals surface area contributed by atoms with Crippen molar-refractivity contribution in [2.24, 2.45) is 0 Å². The fourth-order valence-corrected chi connectivity index (χ4v) is 2.45. The number of quaternary nitrogens is 1. The summed E-state index contributed by atoms with van der Waals surface area (Å²) in [5, 5.41) is 3.92. The molecule has 88 valence electrons. The third kappa shape index (κ3) is 2.81. The minimum atomic E-state index is 0.0175. The number of rotatable bonds is 2. The van der Waals surface area contributed by atoms with Crippen molar-refractivity contribution >= 4 is 17.2 Å². The van der Waals surface area contributed by atoms with Gasteiger partial charge in [0.1, 0.15) is 0 Å². The zero-order chi connectivity index (χ0) is 11.5. The van der Waals surface area contributed by atoms with Crippen molar-refractivity contribution in [1.82, 2.24) is 10.4 Å². The van der Waals surface area contributed by atoms with E-state index < -0.39 is 0 Å². The molecule has 0 saturated carbocycles. The number of hydrazine groups is 1. The number of carbonyl (C=O) groups excluding carboxylic acids is 1. The van der Waals surface area contributed by atoms with Gasteiger partial charge in [-0.2, -0.15) is 0 Å². The molecule has 0 unspecified atom stereocenters. The predicted octanol–water partition coefficient (Wildman–Crippen LogP) is -0.468. The first-order chi connectivity index (χ1) is 7.65. The van der Waals surface area contributed by atoms with Crippen LogP contribution < -0.4 is 10.3 Å². The van der Waals surface area contributed by atoms with Gasteiger partial charge in [0.05, 0.1) is 38.8 Å². The highest BCUT2D eigenvalue weighted by atomic mass is 32.1. The Labute approximate surface area is 99.8 Å². The molecule has 16 heavy (non-hydrogen) atoms. The quantitative estimate of drug-likeness (QED) is 0.733. The van der Waals surface area contributed by atoms with Gasteiger partial charge in [-0.3, -0.25) is 10.2 Å². The second-order valence-corrected chi connectivity index (χ2v) is 5.45. The smallest absolute Gasteiger partial charge is 0.266 e. The van der Waals surface area contributed by atoms with E-state index in [-0.39, 0.29) is 5.91 Å². The number of nitrogens with zero attached hydrogens (tertiary/aromatic N) is 1. The molecule has 0 spiro atoms. The maximum atomic E-state index is 11.9. The Kier molecular flexibility index (Phi) is 3.58. The number of thiophene rings is 1. The average molecular weight is 240 g/mol. The van der Waals surface area contributed by atoms with Gasteiger partial charge in [0.2, 0.25) is 0 Å². The molecule has 1 aliphatic heterocycles. The van der Waals surface area contributed by atoms with Crippen LogP contribution >= 0.6 is 11.3 Å². The lowest BCUT2D eigenvalue weighted by molar-refractivity contribution is -0.884. The summed E-state index contributed by atoms with van der Waals surface area (Å²) in [7, 11) is 2.18. The second kappa shape index (κ2) is 4.95. The van der Waals surface area contributed by atoms with Crippen molar-refractivity contribution in [3.8, 4) is 0 Å². The number of likely N-dealkylation sites (N-methyl/N-ethyl adjacent to an activating group) is 1. The van der Waals surface area contributed by atoms with Gasteiger partial charge in [-0.25, -0.2) is 5.01 Å². The summed E-state index contributed by atoms with van der Waals surface area (Å²) >= 11 is 1.61.